The summed E-state index contributed by atoms with van der Waals surface area (Å²) in [7, 11) is -3.91. The van der Waals surface area contributed by atoms with Crippen LogP contribution in [0.25, 0.3) is 0 Å². The van der Waals surface area contributed by atoms with E-state index in [2.05, 4.69) is 23.5 Å². The van der Waals surface area contributed by atoms with Gasteiger partial charge in [-0.15, -0.1) is 0 Å². The van der Waals surface area contributed by atoms with Crippen LogP contribution in [0, 0.1) is 0 Å². The van der Waals surface area contributed by atoms with Gasteiger partial charge in [-0.25, -0.2) is 8.42 Å². The minimum atomic E-state index is -3.91. The zero-order valence-corrected chi connectivity index (χ0v) is 20.6. The van der Waals surface area contributed by atoms with Gasteiger partial charge >= 0.3 is 0 Å². The van der Waals surface area contributed by atoms with Crippen molar-refractivity contribution in [1.29, 1.82) is 0 Å². The first-order valence-corrected chi connectivity index (χ1v) is 13.4. The molecule has 1 aliphatic rings. The number of carbonyl (C=O) groups is 1. The van der Waals surface area contributed by atoms with E-state index in [1.165, 1.54) is 28.3 Å². The Labute approximate surface area is 202 Å². The number of hydrogen-bond donors (Lipinski definition) is 1. The summed E-state index contributed by atoms with van der Waals surface area (Å²) >= 11 is 0. The summed E-state index contributed by atoms with van der Waals surface area (Å²) in [6, 6.07) is 21.8. The lowest BCUT2D eigenvalue weighted by Gasteiger charge is -2.25. The molecule has 1 unspecified atom stereocenters. The Bertz CT molecular complexity index is 1240. The molecule has 3 aromatic carbocycles. The van der Waals surface area contributed by atoms with Crippen molar-refractivity contribution in [2.75, 3.05) is 10.8 Å². The molecule has 3 aromatic rings. The van der Waals surface area contributed by atoms with Gasteiger partial charge in [0.25, 0.3) is 10.0 Å². The molecule has 1 amide bonds. The average Bonchev–Trinajstić information content (AvgIpc) is 2.87. The van der Waals surface area contributed by atoms with Crippen molar-refractivity contribution in [2.45, 2.75) is 56.9 Å². The summed E-state index contributed by atoms with van der Waals surface area (Å²) in [6.07, 6.45) is 5.45. The highest BCUT2D eigenvalue weighted by molar-refractivity contribution is 7.92. The molecule has 34 heavy (non-hydrogen) atoms. The van der Waals surface area contributed by atoms with Crippen LogP contribution in [0.4, 0.5) is 5.69 Å². The van der Waals surface area contributed by atoms with Crippen molar-refractivity contribution in [3.8, 4) is 0 Å². The van der Waals surface area contributed by atoms with Gasteiger partial charge in [0.15, 0.2) is 0 Å². The van der Waals surface area contributed by atoms with E-state index in [4.69, 9.17) is 0 Å². The van der Waals surface area contributed by atoms with Gasteiger partial charge < -0.3 is 5.32 Å². The molecule has 0 spiro atoms. The van der Waals surface area contributed by atoms with Crippen LogP contribution in [-0.2, 0) is 34.1 Å². The smallest absolute Gasteiger partial charge is 0.264 e. The van der Waals surface area contributed by atoms with Crippen molar-refractivity contribution in [3.05, 3.63) is 95.1 Å². The minimum Gasteiger partial charge on any atom is -0.348 e. The average molecular weight is 477 g/mol. The van der Waals surface area contributed by atoms with Gasteiger partial charge in [0.2, 0.25) is 5.91 Å². The fraction of sp³-hybridized carbons (Fsp3) is 0.321. The molecule has 0 aliphatic heterocycles. The first-order chi connectivity index (χ1) is 16.4. The van der Waals surface area contributed by atoms with E-state index in [-0.39, 0.29) is 23.4 Å². The van der Waals surface area contributed by atoms with Gasteiger partial charge in [0.05, 0.1) is 16.6 Å². The number of carbonyl (C=O) groups excluding carboxylic acids is 1. The van der Waals surface area contributed by atoms with Crippen LogP contribution in [0.2, 0.25) is 0 Å². The van der Waals surface area contributed by atoms with Crippen molar-refractivity contribution >= 4 is 21.6 Å². The Hall–Kier alpha value is -3.12. The molecule has 6 heteroatoms. The van der Waals surface area contributed by atoms with E-state index < -0.39 is 10.0 Å². The van der Waals surface area contributed by atoms with Gasteiger partial charge in [0.1, 0.15) is 6.54 Å². The van der Waals surface area contributed by atoms with E-state index >= 15 is 0 Å². The Balaban J connectivity index is 1.56. The molecule has 0 bridgehead atoms. The highest BCUT2D eigenvalue weighted by Gasteiger charge is 2.27. The van der Waals surface area contributed by atoms with Gasteiger partial charge in [-0.2, -0.15) is 0 Å². The SMILES string of the molecule is CCc1ccc(N(CC(=O)NC(C)c2ccc3c(c2)CCCC3)S(=O)(=O)c2ccccc2)cc1. The molecule has 5 nitrogen and oxygen atoms in total. The quantitative estimate of drug-likeness (QED) is 0.486. The van der Waals surface area contributed by atoms with Crippen LogP contribution in [0.15, 0.2) is 77.7 Å². The first kappa shape index (κ1) is 24.0. The molecule has 0 heterocycles. The number of fused-ring (bicyclic) bond motifs is 1. The topological polar surface area (TPSA) is 66.5 Å². The summed E-state index contributed by atoms with van der Waals surface area (Å²) in [6.45, 7) is 3.69. The minimum absolute atomic E-state index is 0.158. The van der Waals surface area contributed by atoms with Crippen molar-refractivity contribution in [3.63, 3.8) is 0 Å². The lowest BCUT2D eigenvalue weighted by Crippen LogP contribution is -2.41. The molecule has 0 fully saturated rings. The third-order valence-electron chi connectivity index (χ3n) is 6.50. The lowest BCUT2D eigenvalue weighted by molar-refractivity contribution is -0.120. The van der Waals surface area contributed by atoms with Crippen LogP contribution < -0.4 is 9.62 Å². The predicted octanol–water partition coefficient (Wildman–Crippen LogP) is 5.20. The molecular weight excluding hydrogens is 444 g/mol. The van der Waals surface area contributed by atoms with E-state index in [0.717, 1.165) is 30.4 Å². The molecule has 0 saturated carbocycles. The second kappa shape index (κ2) is 10.4. The fourth-order valence-electron chi connectivity index (χ4n) is 4.46. The van der Waals surface area contributed by atoms with Gasteiger partial charge in [-0.1, -0.05) is 55.5 Å². The Kier molecular flexibility index (Phi) is 7.37. The van der Waals surface area contributed by atoms with Crippen LogP contribution in [-0.4, -0.2) is 20.9 Å². The summed E-state index contributed by atoms with van der Waals surface area (Å²) in [5.41, 5.74) is 5.36. The second-order valence-corrected chi connectivity index (χ2v) is 10.7. The number of rotatable bonds is 8. The standard InChI is InChI=1S/C28H32N2O3S/c1-3-22-13-17-26(18-14-22)30(34(32,33)27-11-5-4-6-12-27)20-28(31)29-21(2)24-16-15-23-9-7-8-10-25(23)19-24/h4-6,11-19,21H,3,7-10,20H2,1-2H3,(H,29,31). The highest BCUT2D eigenvalue weighted by atomic mass is 32.2. The third kappa shape index (κ3) is 5.33. The Morgan fingerprint density at radius 3 is 2.29 bits per heavy atom. The molecule has 0 radical (unpaired) electrons. The van der Waals surface area contributed by atoms with E-state index in [9.17, 15) is 13.2 Å². The Morgan fingerprint density at radius 1 is 0.941 bits per heavy atom. The zero-order valence-electron chi connectivity index (χ0n) is 19.8. The van der Waals surface area contributed by atoms with Gasteiger partial charge in [-0.3, -0.25) is 9.10 Å². The van der Waals surface area contributed by atoms with Crippen molar-refractivity contribution in [2.24, 2.45) is 0 Å². The van der Waals surface area contributed by atoms with Gasteiger partial charge in [-0.05, 0) is 85.5 Å². The number of sulfonamides is 1. The lowest BCUT2D eigenvalue weighted by atomic mass is 9.89. The number of aryl methyl sites for hydroxylation is 3. The third-order valence-corrected chi connectivity index (χ3v) is 8.29. The maximum Gasteiger partial charge on any atom is 0.264 e. The molecule has 178 valence electrons. The number of nitrogens with zero attached hydrogens (tertiary/aromatic N) is 1. The monoisotopic (exact) mass is 476 g/mol. The molecule has 1 atom stereocenters. The van der Waals surface area contributed by atoms with Gasteiger partial charge in [0, 0.05) is 0 Å². The number of amides is 1. The van der Waals surface area contributed by atoms with E-state index in [1.54, 1.807) is 42.5 Å². The number of anilines is 1. The van der Waals surface area contributed by atoms with Crippen molar-refractivity contribution < 1.29 is 13.2 Å². The van der Waals surface area contributed by atoms with Crippen LogP contribution >= 0.6 is 0 Å². The number of benzene rings is 3. The first-order valence-electron chi connectivity index (χ1n) is 12.0. The predicted molar refractivity (Wildman–Crippen MR) is 136 cm³/mol. The van der Waals surface area contributed by atoms with Crippen LogP contribution in [0.5, 0.6) is 0 Å². The van der Waals surface area contributed by atoms with E-state index in [0.29, 0.717) is 5.69 Å². The fourth-order valence-corrected chi connectivity index (χ4v) is 5.90. The molecule has 1 N–H and O–H groups in total. The summed E-state index contributed by atoms with van der Waals surface area (Å²) in [5, 5.41) is 3.00. The maximum atomic E-state index is 13.5. The zero-order chi connectivity index (χ0) is 24.1. The second-order valence-electron chi connectivity index (χ2n) is 8.87. The summed E-state index contributed by atoms with van der Waals surface area (Å²) in [4.78, 5) is 13.2. The molecule has 0 saturated heterocycles. The molecule has 4 rings (SSSR count). The van der Waals surface area contributed by atoms with E-state index in [1.807, 2.05) is 26.0 Å². The normalized spacial score (nSPS) is 14.2. The van der Waals surface area contributed by atoms with Crippen LogP contribution in [0.1, 0.15) is 55.0 Å². The molecular formula is C28H32N2O3S. The maximum absolute atomic E-state index is 13.5. The van der Waals surface area contributed by atoms with Crippen LogP contribution in [0.3, 0.4) is 0 Å². The summed E-state index contributed by atoms with van der Waals surface area (Å²) in [5.74, 6) is -0.343. The largest absolute Gasteiger partial charge is 0.348 e. The molecule has 1 aliphatic carbocycles. The Morgan fingerprint density at radius 2 is 1.62 bits per heavy atom. The highest BCUT2D eigenvalue weighted by Crippen LogP contribution is 2.26. The summed E-state index contributed by atoms with van der Waals surface area (Å²) < 4.78 is 28.2. The van der Waals surface area contributed by atoms with Crippen molar-refractivity contribution in [1.82, 2.24) is 5.32 Å². The molecule has 0 aromatic heterocycles. The number of hydrogen-bond acceptors (Lipinski definition) is 3. The number of nitrogens with one attached hydrogen (secondary N) is 1.